The van der Waals surface area contributed by atoms with Gasteiger partial charge in [-0.2, -0.15) is 0 Å². The first kappa shape index (κ1) is 16.0. The predicted molar refractivity (Wildman–Crippen MR) is 91.4 cm³/mol. The summed E-state index contributed by atoms with van der Waals surface area (Å²) in [5.41, 5.74) is 1.78. The molecule has 2 unspecified atom stereocenters. The Bertz CT molecular complexity index is 578. The smallest absolute Gasteiger partial charge is 0.0346 e. The molecule has 0 saturated carbocycles. The van der Waals surface area contributed by atoms with Crippen molar-refractivity contribution < 1.29 is 0 Å². The van der Waals surface area contributed by atoms with Crippen LogP contribution in [0.1, 0.15) is 52.1 Å². The first-order chi connectivity index (χ1) is 9.90. The van der Waals surface area contributed by atoms with E-state index in [1.807, 2.05) is 12.4 Å². The highest BCUT2D eigenvalue weighted by Crippen LogP contribution is 2.32. The maximum absolute atomic E-state index is 4.23. The van der Waals surface area contributed by atoms with Gasteiger partial charge in [-0.05, 0) is 48.2 Å². The van der Waals surface area contributed by atoms with Crippen LogP contribution in [0.25, 0.3) is 10.8 Å². The van der Waals surface area contributed by atoms with E-state index < -0.39 is 0 Å². The number of pyridine rings is 1. The molecule has 21 heavy (non-hydrogen) atoms. The van der Waals surface area contributed by atoms with E-state index in [4.69, 9.17) is 0 Å². The zero-order valence-corrected chi connectivity index (χ0v) is 14.0. The van der Waals surface area contributed by atoms with Gasteiger partial charge in [0.1, 0.15) is 0 Å². The van der Waals surface area contributed by atoms with E-state index >= 15 is 0 Å². The summed E-state index contributed by atoms with van der Waals surface area (Å²) >= 11 is 0. The van der Waals surface area contributed by atoms with E-state index in [9.17, 15) is 0 Å². The van der Waals surface area contributed by atoms with Gasteiger partial charge < -0.3 is 5.32 Å². The third-order valence-corrected chi connectivity index (χ3v) is 4.04. The summed E-state index contributed by atoms with van der Waals surface area (Å²) in [5.74, 6) is 0.694. The minimum absolute atomic E-state index is 0.389. The lowest BCUT2D eigenvalue weighted by atomic mass is 9.81. The zero-order valence-electron chi connectivity index (χ0n) is 14.0. The van der Waals surface area contributed by atoms with Gasteiger partial charge in [0.25, 0.3) is 0 Å². The molecule has 2 atom stereocenters. The molecule has 0 amide bonds. The molecule has 0 radical (unpaired) electrons. The Kier molecular flexibility index (Phi) is 5.00. The molecule has 1 heterocycles. The van der Waals surface area contributed by atoms with Crippen LogP contribution in [0.4, 0.5) is 0 Å². The van der Waals surface area contributed by atoms with Gasteiger partial charge in [-0.15, -0.1) is 0 Å². The fourth-order valence-electron chi connectivity index (χ4n) is 3.38. The van der Waals surface area contributed by atoms with Crippen molar-refractivity contribution in [1.82, 2.24) is 10.3 Å². The summed E-state index contributed by atoms with van der Waals surface area (Å²) in [7, 11) is 2.06. The van der Waals surface area contributed by atoms with Crippen molar-refractivity contribution in [2.75, 3.05) is 7.05 Å². The van der Waals surface area contributed by atoms with Crippen LogP contribution < -0.4 is 5.32 Å². The normalized spacial score (nSPS) is 15.1. The second-order valence-electron chi connectivity index (χ2n) is 7.39. The summed E-state index contributed by atoms with van der Waals surface area (Å²) < 4.78 is 0. The average molecular weight is 284 g/mol. The van der Waals surface area contributed by atoms with E-state index in [0.717, 1.165) is 6.42 Å². The number of nitrogens with one attached hydrogen (secondary N) is 1. The van der Waals surface area contributed by atoms with Gasteiger partial charge >= 0.3 is 0 Å². The third-order valence-electron chi connectivity index (χ3n) is 4.04. The molecule has 0 aliphatic heterocycles. The highest BCUT2D eigenvalue weighted by Gasteiger charge is 2.20. The van der Waals surface area contributed by atoms with E-state index in [1.54, 1.807) is 0 Å². The molecule has 1 aromatic heterocycles. The molecule has 0 spiro atoms. The molecule has 2 heteroatoms. The van der Waals surface area contributed by atoms with Crippen molar-refractivity contribution in [3.63, 3.8) is 0 Å². The molecule has 0 aliphatic carbocycles. The van der Waals surface area contributed by atoms with Crippen LogP contribution in [0.15, 0.2) is 36.7 Å². The molecule has 0 saturated heterocycles. The van der Waals surface area contributed by atoms with Crippen LogP contribution in [0.5, 0.6) is 0 Å². The van der Waals surface area contributed by atoms with Crippen molar-refractivity contribution in [3.8, 4) is 0 Å². The lowest BCUT2D eigenvalue weighted by Crippen LogP contribution is -2.21. The minimum Gasteiger partial charge on any atom is -0.313 e. The summed E-state index contributed by atoms with van der Waals surface area (Å²) in [6.07, 6.45) is 6.24. The Morgan fingerprint density at radius 1 is 1.19 bits per heavy atom. The quantitative estimate of drug-likeness (QED) is 0.839. The van der Waals surface area contributed by atoms with Crippen LogP contribution >= 0.6 is 0 Å². The monoisotopic (exact) mass is 284 g/mol. The topological polar surface area (TPSA) is 24.9 Å². The summed E-state index contributed by atoms with van der Waals surface area (Å²) in [6.45, 7) is 9.33. The van der Waals surface area contributed by atoms with E-state index in [2.05, 4.69) is 69.3 Å². The van der Waals surface area contributed by atoms with Crippen molar-refractivity contribution >= 4 is 10.8 Å². The minimum atomic E-state index is 0.389. The first-order valence-electron chi connectivity index (χ1n) is 7.90. The van der Waals surface area contributed by atoms with Crippen LogP contribution in [0, 0.1) is 11.3 Å². The lowest BCUT2D eigenvalue weighted by Gasteiger charge is -2.27. The standard InChI is InChI=1S/C19H28N2/c1-14(12-19(2,3)4)11-18(20-5)17-8-6-7-15-13-21-10-9-16(15)17/h6-10,13-14,18,20H,11-12H2,1-5H3. The van der Waals surface area contributed by atoms with Crippen LogP contribution in [-0.2, 0) is 0 Å². The van der Waals surface area contributed by atoms with Crippen molar-refractivity contribution in [1.29, 1.82) is 0 Å². The van der Waals surface area contributed by atoms with E-state index in [1.165, 1.54) is 22.8 Å². The third kappa shape index (κ3) is 4.28. The molecule has 0 fully saturated rings. The molecule has 2 rings (SSSR count). The number of hydrogen-bond donors (Lipinski definition) is 1. The maximum atomic E-state index is 4.23. The highest BCUT2D eigenvalue weighted by atomic mass is 14.9. The Hall–Kier alpha value is -1.41. The number of nitrogens with zero attached hydrogens (tertiary/aromatic N) is 1. The Morgan fingerprint density at radius 3 is 2.62 bits per heavy atom. The average Bonchev–Trinajstić information content (AvgIpc) is 2.42. The van der Waals surface area contributed by atoms with Crippen molar-refractivity contribution in [2.45, 2.75) is 46.6 Å². The van der Waals surface area contributed by atoms with Crippen LogP contribution in [0.2, 0.25) is 0 Å². The molecule has 2 aromatic rings. The van der Waals surface area contributed by atoms with Gasteiger partial charge in [0.05, 0.1) is 0 Å². The number of rotatable bonds is 5. The molecule has 1 N–H and O–H groups in total. The fraction of sp³-hybridized carbons (Fsp3) is 0.526. The molecule has 114 valence electrons. The van der Waals surface area contributed by atoms with Gasteiger partial charge in [0, 0.05) is 23.8 Å². The van der Waals surface area contributed by atoms with Gasteiger partial charge in [0.15, 0.2) is 0 Å². The maximum Gasteiger partial charge on any atom is 0.0346 e. The molecular weight excluding hydrogens is 256 g/mol. The SMILES string of the molecule is CNC(CC(C)CC(C)(C)C)c1cccc2cnccc12. The fourth-order valence-corrected chi connectivity index (χ4v) is 3.38. The lowest BCUT2D eigenvalue weighted by molar-refractivity contribution is 0.279. The van der Waals surface area contributed by atoms with Crippen molar-refractivity contribution in [2.24, 2.45) is 11.3 Å². The molecular formula is C19H28N2. The van der Waals surface area contributed by atoms with Gasteiger partial charge in [0.2, 0.25) is 0 Å². The second kappa shape index (κ2) is 6.57. The Balaban J connectivity index is 2.24. The van der Waals surface area contributed by atoms with Crippen LogP contribution in [0.3, 0.4) is 0 Å². The first-order valence-corrected chi connectivity index (χ1v) is 7.90. The molecule has 0 bridgehead atoms. The number of hydrogen-bond acceptors (Lipinski definition) is 2. The summed E-state index contributed by atoms with van der Waals surface area (Å²) in [4.78, 5) is 4.23. The van der Waals surface area contributed by atoms with Gasteiger partial charge in [-0.25, -0.2) is 0 Å². The number of fused-ring (bicyclic) bond motifs is 1. The molecule has 1 aromatic carbocycles. The molecule has 2 nitrogen and oxygen atoms in total. The second-order valence-corrected chi connectivity index (χ2v) is 7.39. The van der Waals surface area contributed by atoms with Gasteiger partial charge in [-0.1, -0.05) is 45.9 Å². The number of aromatic nitrogens is 1. The van der Waals surface area contributed by atoms with E-state index in [-0.39, 0.29) is 0 Å². The zero-order chi connectivity index (χ0) is 15.5. The summed E-state index contributed by atoms with van der Waals surface area (Å²) in [5, 5.41) is 6.04. The molecule has 0 aliphatic rings. The largest absolute Gasteiger partial charge is 0.313 e. The van der Waals surface area contributed by atoms with Gasteiger partial charge in [-0.3, -0.25) is 4.98 Å². The van der Waals surface area contributed by atoms with Crippen LogP contribution in [-0.4, -0.2) is 12.0 Å². The number of benzene rings is 1. The predicted octanol–water partition coefficient (Wildman–Crippen LogP) is 4.96. The highest BCUT2D eigenvalue weighted by molar-refractivity contribution is 5.85. The Morgan fingerprint density at radius 2 is 1.95 bits per heavy atom. The van der Waals surface area contributed by atoms with Crippen molar-refractivity contribution in [3.05, 3.63) is 42.2 Å². The van der Waals surface area contributed by atoms with E-state index in [0.29, 0.717) is 17.4 Å². The summed E-state index contributed by atoms with van der Waals surface area (Å²) in [6, 6.07) is 9.04. The Labute approximate surface area is 129 Å².